The van der Waals surface area contributed by atoms with Gasteiger partial charge in [-0.1, -0.05) is 10.4 Å². The topological polar surface area (TPSA) is 120 Å². The van der Waals surface area contributed by atoms with Crippen LogP contribution >= 0.6 is 0 Å². The maximum Gasteiger partial charge on any atom is 0.119 e. The zero-order valence-electron chi connectivity index (χ0n) is 22.6. The average molecular weight is 561 g/mol. The summed E-state index contributed by atoms with van der Waals surface area (Å²) >= 11 is 0. The number of unbranched alkanes of at least 4 members (excludes halogenated alkanes) is 1. The van der Waals surface area contributed by atoms with E-state index in [0.29, 0.717) is 13.2 Å². The first-order valence-corrected chi connectivity index (χ1v) is 13.5. The Morgan fingerprint density at radius 3 is 1.36 bits per heavy atom. The third-order valence-electron chi connectivity index (χ3n) is 6.59. The molecule has 0 atom stereocenters. The number of aromatic hydroxyl groups is 2. The van der Waals surface area contributed by atoms with E-state index in [0.717, 1.165) is 58.2 Å². The van der Waals surface area contributed by atoms with Gasteiger partial charge < -0.3 is 19.7 Å². The molecule has 42 heavy (non-hydrogen) atoms. The van der Waals surface area contributed by atoms with Crippen LogP contribution in [0.25, 0.3) is 33.9 Å². The van der Waals surface area contributed by atoms with Gasteiger partial charge in [0, 0.05) is 11.1 Å². The van der Waals surface area contributed by atoms with E-state index in [1.165, 1.54) is 0 Å². The first-order valence-electron chi connectivity index (χ1n) is 13.5. The van der Waals surface area contributed by atoms with E-state index in [1.807, 2.05) is 60.9 Å². The molecule has 0 amide bonds. The second kappa shape index (κ2) is 12.3. The highest BCUT2D eigenvalue weighted by Gasteiger charge is 2.08. The van der Waals surface area contributed by atoms with E-state index in [2.05, 4.69) is 20.6 Å². The SMILES string of the molecule is Oc1ccc(-c2cn(-c3ccc(OCCCCOc4ccc(-c5cn(-c6ccc(O)cc6)nn5)cc4)cc3)nn2)cc1. The molecule has 2 N–H and O–H groups in total. The Hall–Kier alpha value is -5.64. The van der Waals surface area contributed by atoms with Crippen LogP contribution in [0.15, 0.2) is 109 Å². The van der Waals surface area contributed by atoms with Gasteiger partial charge in [-0.25, -0.2) is 9.36 Å². The van der Waals surface area contributed by atoms with Crippen molar-refractivity contribution in [1.29, 1.82) is 0 Å². The van der Waals surface area contributed by atoms with Crippen molar-refractivity contribution in [3.05, 3.63) is 109 Å². The number of nitrogens with zero attached hydrogens (tertiary/aromatic N) is 6. The summed E-state index contributed by atoms with van der Waals surface area (Å²) in [7, 11) is 0. The maximum absolute atomic E-state index is 9.47. The molecule has 0 bridgehead atoms. The van der Waals surface area contributed by atoms with E-state index in [-0.39, 0.29) is 11.5 Å². The lowest BCUT2D eigenvalue weighted by Crippen LogP contribution is -2.03. The van der Waals surface area contributed by atoms with Gasteiger partial charge in [0.2, 0.25) is 0 Å². The van der Waals surface area contributed by atoms with Crippen molar-refractivity contribution in [1.82, 2.24) is 30.0 Å². The van der Waals surface area contributed by atoms with Crippen LogP contribution in [0.5, 0.6) is 23.0 Å². The number of benzene rings is 4. The fourth-order valence-corrected chi connectivity index (χ4v) is 4.28. The summed E-state index contributed by atoms with van der Waals surface area (Å²) in [6, 6.07) is 29.1. The summed E-state index contributed by atoms with van der Waals surface area (Å²) in [4.78, 5) is 0. The molecular formula is C32H28N6O4. The number of phenols is 2. The predicted octanol–water partition coefficient (Wildman–Crippen LogP) is 5.83. The van der Waals surface area contributed by atoms with E-state index < -0.39 is 0 Å². The fourth-order valence-electron chi connectivity index (χ4n) is 4.28. The van der Waals surface area contributed by atoms with Crippen molar-refractivity contribution in [3.8, 4) is 56.9 Å². The van der Waals surface area contributed by atoms with Gasteiger partial charge in [-0.3, -0.25) is 0 Å². The highest BCUT2D eigenvalue weighted by molar-refractivity contribution is 5.60. The molecule has 0 saturated carbocycles. The van der Waals surface area contributed by atoms with Gasteiger partial charge in [0.25, 0.3) is 0 Å². The van der Waals surface area contributed by atoms with Crippen LogP contribution in [0.4, 0.5) is 0 Å². The van der Waals surface area contributed by atoms with Crippen LogP contribution in [0.1, 0.15) is 12.8 Å². The number of ether oxygens (including phenoxy) is 2. The predicted molar refractivity (Wildman–Crippen MR) is 157 cm³/mol. The first-order chi connectivity index (χ1) is 20.6. The summed E-state index contributed by atoms with van der Waals surface area (Å²) < 4.78 is 15.2. The van der Waals surface area contributed by atoms with Crippen LogP contribution in [-0.4, -0.2) is 53.4 Å². The lowest BCUT2D eigenvalue weighted by Gasteiger charge is -2.09. The Balaban J connectivity index is 0.921. The van der Waals surface area contributed by atoms with E-state index in [1.54, 1.807) is 57.9 Å². The van der Waals surface area contributed by atoms with Crippen molar-refractivity contribution < 1.29 is 19.7 Å². The molecule has 6 aromatic rings. The number of hydrogen-bond acceptors (Lipinski definition) is 8. The van der Waals surface area contributed by atoms with Crippen LogP contribution in [0.2, 0.25) is 0 Å². The lowest BCUT2D eigenvalue weighted by molar-refractivity contribution is 0.266. The maximum atomic E-state index is 9.47. The second-order valence-corrected chi connectivity index (χ2v) is 9.58. The van der Waals surface area contributed by atoms with Crippen LogP contribution in [0, 0.1) is 0 Å². The minimum absolute atomic E-state index is 0.208. The molecule has 0 fully saturated rings. The van der Waals surface area contributed by atoms with Gasteiger partial charge in [-0.2, -0.15) is 0 Å². The van der Waals surface area contributed by atoms with Gasteiger partial charge in [0.05, 0.1) is 37.0 Å². The Bertz CT molecular complexity index is 1600. The average Bonchev–Trinajstić information content (AvgIpc) is 3.72. The molecule has 4 aromatic carbocycles. The molecule has 0 spiro atoms. The molecule has 2 aromatic heterocycles. The Morgan fingerprint density at radius 1 is 0.500 bits per heavy atom. The molecule has 0 aliphatic heterocycles. The highest BCUT2D eigenvalue weighted by atomic mass is 16.5. The monoisotopic (exact) mass is 560 g/mol. The molecule has 0 saturated heterocycles. The normalized spacial score (nSPS) is 11.0. The molecule has 6 rings (SSSR count). The fraction of sp³-hybridized carbons (Fsp3) is 0.125. The van der Waals surface area contributed by atoms with Gasteiger partial charge in [-0.05, 0) is 110 Å². The summed E-state index contributed by atoms with van der Waals surface area (Å²) in [5.41, 5.74) is 4.99. The Kier molecular flexibility index (Phi) is 7.76. The summed E-state index contributed by atoms with van der Waals surface area (Å²) in [5, 5.41) is 35.8. The zero-order chi connectivity index (χ0) is 28.7. The third-order valence-corrected chi connectivity index (χ3v) is 6.59. The van der Waals surface area contributed by atoms with E-state index in [4.69, 9.17) is 9.47 Å². The Labute approximate surface area is 242 Å². The van der Waals surface area contributed by atoms with Crippen molar-refractivity contribution in [2.24, 2.45) is 0 Å². The van der Waals surface area contributed by atoms with E-state index in [9.17, 15) is 10.2 Å². The largest absolute Gasteiger partial charge is 0.508 e. The van der Waals surface area contributed by atoms with Crippen molar-refractivity contribution in [2.45, 2.75) is 12.8 Å². The van der Waals surface area contributed by atoms with Crippen molar-refractivity contribution in [3.63, 3.8) is 0 Å². The lowest BCUT2D eigenvalue weighted by atomic mass is 10.1. The van der Waals surface area contributed by atoms with Crippen LogP contribution < -0.4 is 9.47 Å². The van der Waals surface area contributed by atoms with Crippen molar-refractivity contribution in [2.75, 3.05) is 13.2 Å². The Morgan fingerprint density at radius 2 is 0.881 bits per heavy atom. The minimum atomic E-state index is 0.208. The molecule has 0 aliphatic rings. The third kappa shape index (κ3) is 6.39. The highest BCUT2D eigenvalue weighted by Crippen LogP contribution is 2.23. The number of phenolic OH excluding ortho intramolecular Hbond substituents is 2. The second-order valence-electron chi connectivity index (χ2n) is 9.58. The summed E-state index contributed by atoms with van der Waals surface area (Å²) in [6.45, 7) is 1.18. The summed E-state index contributed by atoms with van der Waals surface area (Å²) in [5.74, 6) is 2.01. The smallest absolute Gasteiger partial charge is 0.119 e. The molecule has 0 radical (unpaired) electrons. The molecule has 0 unspecified atom stereocenters. The number of rotatable bonds is 11. The number of hydrogen-bond donors (Lipinski definition) is 2. The molecular weight excluding hydrogens is 532 g/mol. The van der Waals surface area contributed by atoms with Crippen LogP contribution in [-0.2, 0) is 0 Å². The van der Waals surface area contributed by atoms with Gasteiger partial charge in [-0.15, -0.1) is 10.2 Å². The standard InChI is InChI=1S/C32H28N6O4/c39-27-11-3-23(4-12-27)31-21-38(36-33-31)26-9-17-30(18-10-26)42-20-2-1-19-41-29-15-5-24(6-16-29)32-22-37(35-34-32)25-7-13-28(40)14-8-25/h3-18,21-22,39-40H,1-2,19-20H2. The zero-order valence-corrected chi connectivity index (χ0v) is 22.6. The quantitative estimate of drug-likeness (QED) is 0.190. The molecule has 10 nitrogen and oxygen atoms in total. The van der Waals surface area contributed by atoms with E-state index >= 15 is 0 Å². The molecule has 10 heteroatoms. The molecule has 2 heterocycles. The minimum Gasteiger partial charge on any atom is -0.508 e. The molecule has 0 aliphatic carbocycles. The number of aromatic nitrogens is 6. The van der Waals surface area contributed by atoms with Crippen LogP contribution in [0.3, 0.4) is 0 Å². The first kappa shape index (κ1) is 26.6. The van der Waals surface area contributed by atoms with Gasteiger partial charge in [0.1, 0.15) is 34.4 Å². The van der Waals surface area contributed by atoms with Gasteiger partial charge in [0.15, 0.2) is 0 Å². The summed E-state index contributed by atoms with van der Waals surface area (Å²) in [6.07, 6.45) is 5.42. The van der Waals surface area contributed by atoms with Crippen molar-refractivity contribution >= 4 is 0 Å². The molecule has 210 valence electrons. The van der Waals surface area contributed by atoms with Gasteiger partial charge >= 0.3 is 0 Å².